The Morgan fingerprint density at radius 3 is 2.54 bits per heavy atom. The Morgan fingerprint density at radius 2 is 1.87 bits per heavy atom. The molecule has 0 spiro atoms. The van der Waals surface area contributed by atoms with E-state index in [1.165, 1.54) is 18.0 Å². The average Bonchev–Trinajstić information content (AvgIpc) is 3.47. The molecular formula is C29H28N4O5S. The molecule has 0 saturated heterocycles. The normalized spacial score (nSPS) is 14.8. The van der Waals surface area contributed by atoms with Gasteiger partial charge in [0.15, 0.2) is 0 Å². The van der Waals surface area contributed by atoms with Gasteiger partial charge in [-0.25, -0.2) is 0 Å². The third-order valence-corrected chi connectivity index (χ3v) is 6.86. The number of hydrogen-bond donors (Lipinski definition) is 3. The van der Waals surface area contributed by atoms with Crippen molar-refractivity contribution in [3.8, 4) is 17.6 Å². The number of nitriles is 1. The standard InChI is InChI=1S/C29H28N4O5S/c1-4-37-21-12-10-19(11-13-21)33-28(35)26-18(2)31-29(23(16-30)27(26)24-9-6-14-38-24)39-17-25(34)32-20-7-5-8-22(15-20)36-3/h5-15,27,31H,4,17H2,1-3H3,(H,32,34)(H,33,35). The van der Waals surface area contributed by atoms with Gasteiger partial charge in [0, 0.05) is 23.1 Å². The molecule has 9 nitrogen and oxygen atoms in total. The summed E-state index contributed by atoms with van der Waals surface area (Å²) in [4.78, 5) is 26.2. The molecule has 4 rings (SSSR count). The van der Waals surface area contributed by atoms with Crippen LogP contribution >= 0.6 is 11.8 Å². The van der Waals surface area contributed by atoms with Crippen LogP contribution in [-0.4, -0.2) is 31.3 Å². The van der Waals surface area contributed by atoms with Gasteiger partial charge in [0.1, 0.15) is 17.3 Å². The highest BCUT2D eigenvalue weighted by Crippen LogP contribution is 2.41. The molecule has 1 aliphatic heterocycles. The lowest BCUT2D eigenvalue weighted by molar-refractivity contribution is -0.114. The summed E-state index contributed by atoms with van der Waals surface area (Å²) >= 11 is 1.18. The molecule has 0 saturated carbocycles. The predicted molar refractivity (Wildman–Crippen MR) is 150 cm³/mol. The van der Waals surface area contributed by atoms with Crippen molar-refractivity contribution < 1.29 is 23.5 Å². The maximum atomic E-state index is 13.5. The highest BCUT2D eigenvalue weighted by Gasteiger charge is 2.36. The third-order valence-electron chi connectivity index (χ3n) is 5.84. The Hall–Kier alpha value is -4.62. The van der Waals surface area contributed by atoms with E-state index in [4.69, 9.17) is 13.9 Å². The Labute approximate surface area is 230 Å². The summed E-state index contributed by atoms with van der Waals surface area (Å²) in [6.45, 7) is 4.20. The topological polar surface area (TPSA) is 126 Å². The number of carbonyl (C=O) groups is 2. The SMILES string of the molecule is CCOc1ccc(NC(=O)C2=C(C)NC(SCC(=O)Nc3cccc(OC)c3)=C(C#N)C2c2ccco2)cc1. The number of methoxy groups -OCH3 is 1. The van der Waals surface area contributed by atoms with E-state index in [2.05, 4.69) is 22.0 Å². The van der Waals surface area contributed by atoms with Crippen molar-refractivity contribution in [1.29, 1.82) is 5.26 Å². The predicted octanol–water partition coefficient (Wildman–Crippen LogP) is 5.39. The quantitative estimate of drug-likeness (QED) is 0.310. The zero-order chi connectivity index (χ0) is 27.8. The number of allylic oxidation sites excluding steroid dienone is 2. The number of furan rings is 1. The highest BCUT2D eigenvalue weighted by molar-refractivity contribution is 8.03. The fourth-order valence-electron chi connectivity index (χ4n) is 4.10. The van der Waals surface area contributed by atoms with Gasteiger partial charge >= 0.3 is 0 Å². The molecule has 3 N–H and O–H groups in total. The fraction of sp³-hybridized carbons (Fsp3) is 0.207. The first-order valence-electron chi connectivity index (χ1n) is 12.2. The van der Waals surface area contributed by atoms with Crippen LogP contribution in [0.25, 0.3) is 0 Å². The zero-order valence-corrected chi connectivity index (χ0v) is 22.6. The minimum atomic E-state index is -0.752. The first-order valence-corrected chi connectivity index (χ1v) is 13.2. The molecule has 0 aliphatic carbocycles. The maximum Gasteiger partial charge on any atom is 0.254 e. The zero-order valence-electron chi connectivity index (χ0n) is 21.7. The molecule has 1 unspecified atom stereocenters. The highest BCUT2D eigenvalue weighted by atomic mass is 32.2. The van der Waals surface area contributed by atoms with Gasteiger partial charge in [0.2, 0.25) is 5.91 Å². The van der Waals surface area contributed by atoms with Gasteiger partial charge in [0.05, 0.1) is 53.9 Å². The summed E-state index contributed by atoms with van der Waals surface area (Å²) in [7, 11) is 1.55. The number of amides is 2. The number of dihydropyridines is 1. The minimum absolute atomic E-state index is 0.0383. The molecular weight excluding hydrogens is 516 g/mol. The van der Waals surface area contributed by atoms with Crippen LogP contribution in [0.1, 0.15) is 25.5 Å². The van der Waals surface area contributed by atoms with Crippen LogP contribution in [0.2, 0.25) is 0 Å². The van der Waals surface area contributed by atoms with E-state index in [1.807, 2.05) is 6.92 Å². The fourth-order valence-corrected chi connectivity index (χ4v) is 4.99. The average molecular weight is 545 g/mol. The van der Waals surface area contributed by atoms with Crippen molar-refractivity contribution in [1.82, 2.24) is 5.32 Å². The van der Waals surface area contributed by atoms with Gasteiger partial charge in [-0.05, 0) is 62.4 Å². The summed E-state index contributed by atoms with van der Waals surface area (Å²) in [6.07, 6.45) is 1.50. The molecule has 1 aliphatic rings. The van der Waals surface area contributed by atoms with Crippen molar-refractivity contribution >= 4 is 35.0 Å². The van der Waals surface area contributed by atoms with Crippen molar-refractivity contribution in [2.45, 2.75) is 19.8 Å². The minimum Gasteiger partial charge on any atom is -0.497 e. The molecule has 2 amide bonds. The Kier molecular flexibility index (Phi) is 8.97. The van der Waals surface area contributed by atoms with Crippen LogP contribution in [0.5, 0.6) is 11.5 Å². The number of benzene rings is 2. The van der Waals surface area contributed by atoms with Gasteiger partial charge in [-0.15, -0.1) is 0 Å². The number of hydrogen-bond acceptors (Lipinski definition) is 8. The van der Waals surface area contributed by atoms with E-state index in [0.717, 1.165) is 0 Å². The summed E-state index contributed by atoms with van der Waals surface area (Å²) in [5.41, 5.74) is 2.37. The van der Waals surface area contributed by atoms with Crippen LogP contribution in [0.3, 0.4) is 0 Å². The van der Waals surface area contributed by atoms with E-state index in [9.17, 15) is 14.9 Å². The van der Waals surface area contributed by atoms with Gasteiger partial charge in [-0.3, -0.25) is 9.59 Å². The Morgan fingerprint density at radius 1 is 1.08 bits per heavy atom. The monoisotopic (exact) mass is 544 g/mol. The van der Waals surface area contributed by atoms with Crippen LogP contribution < -0.4 is 25.4 Å². The summed E-state index contributed by atoms with van der Waals surface area (Å²) < 4.78 is 16.3. The van der Waals surface area contributed by atoms with Crippen molar-refractivity contribution in [3.63, 3.8) is 0 Å². The molecule has 10 heteroatoms. The largest absolute Gasteiger partial charge is 0.497 e. The number of carbonyl (C=O) groups excluding carboxylic acids is 2. The Balaban J connectivity index is 1.54. The molecule has 2 aromatic carbocycles. The first-order chi connectivity index (χ1) is 18.9. The molecule has 200 valence electrons. The van der Waals surface area contributed by atoms with Crippen molar-refractivity contribution in [3.05, 3.63) is 94.6 Å². The molecule has 0 bridgehead atoms. The molecule has 3 aromatic rings. The molecule has 1 atom stereocenters. The molecule has 0 fully saturated rings. The lowest BCUT2D eigenvalue weighted by Crippen LogP contribution is -2.31. The Bertz CT molecular complexity index is 1440. The van der Waals surface area contributed by atoms with E-state index in [0.29, 0.717) is 51.5 Å². The number of nitrogens with one attached hydrogen (secondary N) is 3. The van der Waals surface area contributed by atoms with Gasteiger partial charge < -0.3 is 29.8 Å². The van der Waals surface area contributed by atoms with Crippen LogP contribution in [0, 0.1) is 11.3 Å². The number of rotatable bonds is 10. The van der Waals surface area contributed by atoms with E-state index < -0.39 is 5.92 Å². The van der Waals surface area contributed by atoms with Gasteiger partial charge in [-0.1, -0.05) is 17.8 Å². The number of ether oxygens (including phenoxy) is 2. The molecule has 39 heavy (non-hydrogen) atoms. The lowest BCUT2D eigenvalue weighted by Gasteiger charge is -2.28. The smallest absolute Gasteiger partial charge is 0.254 e. The van der Waals surface area contributed by atoms with Crippen LogP contribution in [0.4, 0.5) is 11.4 Å². The number of thioether (sulfide) groups is 1. The first kappa shape index (κ1) is 27.4. The second-order valence-electron chi connectivity index (χ2n) is 8.45. The molecule has 2 heterocycles. The van der Waals surface area contributed by atoms with Gasteiger partial charge in [-0.2, -0.15) is 5.26 Å². The van der Waals surface area contributed by atoms with Crippen molar-refractivity contribution in [2.75, 3.05) is 30.1 Å². The summed E-state index contributed by atoms with van der Waals surface area (Å²) in [5.74, 6) is 0.429. The van der Waals surface area contributed by atoms with Crippen LogP contribution in [-0.2, 0) is 9.59 Å². The third kappa shape index (κ3) is 6.64. The second kappa shape index (κ2) is 12.8. The summed E-state index contributed by atoms with van der Waals surface area (Å²) in [5, 5.41) is 19.5. The van der Waals surface area contributed by atoms with Crippen LogP contribution in [0.15, 0.2) is 93.2 Å². The second-order valence-corrected chi connectivity index (χ2v) is 9.43. The number of anilines is 2. The maximum absolute atomic E-state index is 13.5. The summed E-state index contributed by atoms with van der Waals surface area (Å²) in [6, 6.07) is 19.8. The van der Waals surface area contributed by atoms with Gasteiger partial charge in [0.25, 0.3) is 5.91 Å². The number of nitrogens with zero attached hydrogens (tertiary/aromatic N) is 1. The van der Waals surface area contributed by atoms with E-state index in [1.54, 1.807) is 74.7 Å². The van der Waals surface area contributed by atoms with Crippen molar-refractivity contribution in [2.24, 2.45) is 0 Å². The van der Waals surface area contributed by atoms with E-state index in [-0.39, 0.29) is 23.1 Å². The molecule has 1 aromatic heterocycles. The molecule has 0 radical (unpaired) electrons. The van der Waals surface area contributed by atoms with E-state index >= 15 is 0 Å². The lowest BCUT2D eigenvalue weighted by atomic mass is 9.85.